The van der Waals surface area contributed by atoms with Crippen molar-refractivity contribution in [1.29, 1.82) is 0 Å². The van der Waals surface area contributed by atoms with Crippen molar-refractivity contribution in [1.82, 2.24) is 0 Å². The average Bonchev–Trinajstić information content (AvgIpc) is 3.29. The van der Waals surface area contributed by atoms with Gasteiger partial charge >= 0.3 is 0 Å². The first-order valence-electron chi connectivity index (χ1n) is 14.4. The minimum atomic E-state index is -0.381. The number of benzene rings is 6. The van der Waals surface area contributed by atoms with E-state index >= 15 is 0 Å². The molecule has 0 unspecified atom stereocenters. The van der Waals surface area contributed by atoms with Crippen molar-refractivity contribution in [2.75, 3.05) is 0 Å². The average molecular weight is 517 g/mol. The zero-order valence-electron chi connectivity index (χ0n) is 23.9. The molecule has 0 heteroatoms. The van der Waals surface area contributed by atoms with Gasteiger partial charge in [-0.05, 0) is 69.1 Å². The van der Waals surface area contributed by atoms with Gasteiger partial charge in [-0.2, -0.15) is 0 Å². The molecule has 1 aliphatic carbocycles. The van der Waals surface area contributed by atoms with Gasteiger partial charge in [-0.1, -0.05) is 165 Å². The summed E-state index contributed by atoms with van der Waals surface area (Å²) < 4.78 is 0. The van der Waals surface area contributed by atoms with Crippen molar-refractivity contribution >= 4 is 10.8 Å². The predicted octanol–water partition coefficient (Wildman–Crippen LogP) is 10.9. The van der Waals surface area contributed by atoms with Crippen LogP contribution in [0.3, 0.4) is 0 Å². The lowest BCUT2D eigenvalue weighted by Crippen LogP contribution is -2.28. The predicted molar refractivity (Wildman–Crippen MR) is 172 cm³/mol. The summed E-state index contributed by atoms with van der Waals surface area (Å²) in [5.74, 6) is 0. The lowest BCUT2D eigenvalue weighted by atomic mass is 9.67. The van der Waals surface area contributed by atoms with Gasteiger partial charge in [0.15, 0.2) is 0 Å². The highest BCUT2D eigenvalue weighted by atomic mass is 14.5. The van der Waals surface area contributed by atoms with Gasteiger partial charge in [-0.25, -0.2) is 0 Å². The van der Waals surface area contributed by atoms with E-state index in [1.54, 1.807) is 0 Å². The van der Waals surface area contributed by atoms with E-state index in [0.29, 0.717) is 0 Å². The van der Waals surface area contributed by atoms with Crippen molar-refractivity contribution < 1.29 is 0 Å². The molecular formula is C40H36. The Morgan fingerprint density at radius 3 is 1.60 bits per heavy atom. The zero-order chi connectivity index (χ0) is 27.7. The molecule has 0 radical (unpaired) electrons. The Morgan fingerprint density at radius 1 is 0.450 bits per heavy atom. The molecule has 0 fully saturated rings. The maximum atomic E-state index is 2.35. The molecule has 0 saturated carbocycles. The molecule has 0 amide bonds. The van der Waals surface area contributed by atoms with Crippen LogP contribution in [0.4, 0.5) is 0 Å². The highest BCUT2D eigenvalue weighted by molar-refractivity contribution is 6.03. The molecule has 1 aliphatic rings. The van der Waals surface area contributed by atoms with Crippen LogP contribution in [-0.4, -0.2) is 0 Å². The monoisotopic (exact) mass is 516 g/mol. The zero-order valence-corrected chi connectivity index (χ0v) is 23.9. The summed E-state index contributed by atoms with van der Waals surface area (Å²) in [7, 11) is 0. The van der Waals surface area contributed by atoms with E-state index in [0.717, 1.165) is 0 Å². The van der Waals surface area contributed by atoms with Gasteiger partial charge < -0.3 is 0 Å². The topological polar surface area (TPSA) is 0 Å². The van der Waals surface area contributed by atoms with Crippen LogP contribution in [0, 0.1) is 13.8 Å². The molecule has 0 heterocycles. The minimum Gasteiger partial charge on any atom is -0.0656 e. The van der Waals surface area contributed by atoms with E-state index in [2.05, 4.69) is 161 Å². The third-order valence-corrected chi connectivity index (χ3v) is 8.12. The summed E-state index contributed by atoms with van der Waals surface area (Å²) >= 11 is 0. The first-order valence-corrected chi connectivity index (χ1v) is 14.4. The van der Waals surface area contributed by atoms with E-state index in [9.17, 15) is 0 Å². The SMILES string of the molecule is CCC.Cc1ccc(C2(c3ccc(C)cc3)c3ccccc3-c3c(-c4cccc5ccccc45)cccc32)cc1. The van der Waals surface area contributed by atoms with Crippen LogP contribution in [0.5, 0.6) is 0 Å². The molecule has 0 saturated heterocycles. The molecule has 0 aliphatic heterocycles. The second-order valence-electron chi connectivity index (χ2n) is 11.0. The van der Waals surface area contributed by atoms with E-state index in [1.807, 2.05) is 0 Å². The maximum Gasteiger partial charge on any atom is 0.0713 e. The molecule has 6 aromatic rings. The lowest BCUT2D eigenvalue weighted by Gasteiger charge is -2.34. The first-order chi connectivity index (χ1) is 19.6. The van der Waals surface area contributed by atoms with Gasteiger partial charge in [-0.3, -0.25) is 0 Å². The summed E-state index contributed by atoms with van der Waals surface area (Å²) in [6.07, 6.45) is 1.25. The largest absolute Gasteiger partial charge is 0.0713 e. The van der Waals surface area contributed by atoms with Crippen molar-refractivity contribution in [3.05, 3.63) is 167 Å². The molecule has 0 nitrogen and oxygen atoms in total. The van der Waals surface area contributed by atoms with Gasteiger partial charge in [-0.15, -0.1) is 0 Å². The summed E-state index contributed by atoms with van der Waals surface area (Å²) in [6.45, 7) is 8.58. The fraction of sp³-hybridized carbons (Fsp3) is 0.150. The molecule has 0 bridgehead atoms. The number of aryl methyl sites for hydroxylation is 2. The molecule has 6 aromatic carbocycles. The van der Waals surface area contributed by atoms with Gasteiger partial charge in [0.05, 0.1) is 5.41 Å². The van der Waals surface area contributed by atoms with Gasteiger partial charge in [0.25, 0.3) is 0 Å². The molecule has 40 heavy (non-hydrogen) atoms. The Balaban J connectivity index is 0.000000925. The van der Waals surface area contributed by atoms with Crippen molar-refractivity contribution in [2.45, 2.75) is 39.5 Å². The first kappa shape index (κ1) is 25.8. The van der Waals surface area contributed by atoms with Crippen molar-refractivity contribution in [3.8, 4) is 22.3 Å². The number of hydrogen-bond acceptors (Lipinski definition) is 0. The van der Waals surface area contributed by atoms with Crippen LogP contribution in [0.1, 0.15) is 53.6 Å². The fourth-order valence-electron chi connectivity index (χ4n) is 6.41. The second kappa shape index (κ2) is 10.6. The van der Waals surface area contributed by atoms with Crippen LogP contribution in [0.15, 0.2) is 133 Å². The number of rotatable bonds is 3. The Labute approximate surface area is 239 Å². The van der Waals surface area contributed by atoms with Crippen LogP contribution in [0.2, 0.25) is 0 Å². The maximum absolute atomic E-state index is 2.35. The van der Waals surface area contributed by atoms with Crippen LogP contribution < -0.4 is 0 Å². The van der Waals surface area contributed by atoms with Crippen LogP contribution >= 0.6 is 0 Å². The molecular weight excluding hydrogens is 480 g/mol. The Bertz CT molecular complexity index is 1740. The van der Waals surface area contributed by atoms with Gasteiger partial charge in [0.2, 0.25) is 0 Å². The highest BCUT2D eigenvalue weighted by Crippen LogP contribution is 2.58. The Kier molecular flexibility index (Phi) is 6.86. The van der Waals surface area contributed by atoms with Crippen molar-refractivity contribution in [3.63, 3.8) is 0 Å². The van der Waals surface area contributed by atoms with Gasteiger partial charge in [0.1, 0.15) is 0 Å². The van der Waals surface area contributed by atoms with Crippen molar-refractivity contribution in [2.24, 2.45) is 0 Å². The Morgan fingerprint density at radius 2 is 0.925 bits per heavy atom. The lowest BCUT2D eigenvalue weighted by molar-refractivity contribution is 0.767. The van der Waals surface area contributed by atoms with Crippen LogP contribution in [-0.2, 0) is 5.41 Å². The third-order valence-electron chi connectivity index (χ3n) is 8.12. The standard InChI is InChI=1S/C37H28.C3H8/c1-25-17-21-28(22-18-25)37(29-23-19-26(2)20-24-29)34-15-6-5-12-33(34)36-32(14-8-16-35(36)37)31-13-7-10-27-9-3-4-11-30(27)31;1-3-2/h3-24H,1-2H3;3H2,1-2H3. The van der Waals surface area contributed by atoms with E-state index in [1.165, 1.54) is 72.8 Å². The normalized spacial score (nSPS) is 12.8. The Hall–Kier alpha value is -4.42. The van der Waals surface area contributed by atoms with E-state index in [4.69, 9.17) is 0 Å². The summed E-state index contributed by atoms with van der Waals surface area (Å²) in [5, 5.41) is 2.56. The molecule has 0 atom stereocenters. The minimum absolute atomic E-state index is 0.381. The van der Waals surface area contributed by atoms with E-state index in [-0.39, 0.29) is 5.41 Å². The third kappa shape index (κ3) is 4.07. The van der Waals surface area contributed by atoms with Gasteiger partial charge in [0, 0.05) is 0 Å². The molecule has 0 aromatic heterocycles. The summed E-state index contributed by atoms with van der Waals surface area (Å²) in [6, 6.07) is 49.6. The number of fused-ring (bicyclic) bond motifs is 4. The molecule has 7 rings (SSSR count). The molecule has 0 spiro atoms. The fourth-order valence-corrected chi connectivity index (χ4v) is 6.41. The molecule has 196 valence electrons. The highest BCUT2D eigenvalue weighted by Gasteiger charge is 2.46. The van der Waals surface area contributed by atoms with Crippen LogP contribution in [0.25, 0.3) is 33.0 Å². The second-order valence-corrected chi connectivity index (χ2v) is 11.0. The number of hydrogen-bond donors (Lipinski definition) is 0. The quantitative estimate of drug-likeness (QED) is 0.219. The summed E-state index contributed by atoms with van der Waals surface area (Å²) in [4.78, 5) is 0. The molecule has 0 N–H and O–H groups in total. The smallest absolute Gasteiger partial charge is 0.0656 e. The summed E-state index contributed by atoms with van der Waals surface area (Å²) in [5.41, 5.74) is 12.7. The van der Waals surface area contributed by atoms with E-state index < -0.39 is 0 Å².